The van der Waals surface area contributed by atoms with E-state index >= 15 is 0 Å². The number of nitrogens with one attached hydrogen (secondary N) is 1. The second kappa shape index (κ2) is 60.4. The highest BCUT2D eigenvalue weighted by molar-refractivity contribution is 5.76. The zero-order valence-corrected chi connectivity index (χ0v) is 47.8. The van der Waals surface area contributed by atoms with Crippen molar-refractivity contribution in [3.05, 3.63) is 0 Å². The van der Waals surface area contributed by atoms with Crippen LogP contribution in [0, 0.1) is 0 Å². The molecule has 0 spiro atoms. The first-order valence-corrected chi connectivity index (χ1v) is 32.3. The fourth-order valence-corrected chi connectivity index (χ4v) is 10.5. The van der Waals surface area contributed by atoms with Crippen LogP contribution in [0.15, 0.2) is 0 Å². The number of aliphatic hydroxyl groups excluding tert-OH is 2. The summed E-state index contributed by atoms with van der Waals surface area (Å²) < 4.78 is 5.49. The van der Waals surface area contributed by atoms with Crippen molar-refractivity contribution in [2.75, 3.05) is 13.2 Å². The number of carbonyl (C=O) groups is 2. The molecule has 0 saturated heterocycles. The molecule has 3 N–H and O–H groups in total. The first-order chi connectivity index (χ1) is 34.5. The van der Waals surface area contributed by atoms with Crippen molar-refractivity contribution in [3.8, 4) is 0 Å². The zero-order chi connectivity index (χ0) is 50.7. The van der Waals surface area contributed by atoms with Crippen molar-refractivity contribution in [1.82, 2.24) is 5.32 Å². The first-order valence-electron chi connectivity index (χ1n) is 32.3. The molecule has 0 aliphatic rings. The standard InChI is InChI=1S/C64H127NO5/c1-3-5-7-9-11-13-15-17-19-21-22-23-24-25-26-27-28-30-31-33-36-40-44-48-52-56-62(67)61(60-66)65-63(68)57-53-49-45-41-37-35-39-43-47-51-55-59-70-64(69)58-54-50-46-42-38-34-32-29-20-18-16-14-12-10-8-6-4-2/h61-62,66-67H,3-60H2,1-2H3,(H,65,68). The predicted octanol–water partition coefficient (Wildman–Crippen LogP) is 20.3. The Hall–Kier alpha value is -1.14. The van der Waals surface area contributed by atoms with Gasteiger partial charge in [-0.25, -0.2) is 0 Å². The third-order valence-corrected chi connectivity index (χ3v) is 15.4. The number of esters is 1. The van der Waals surface area contributed by atoms with E-state index in [-0.39, 0.29) is 18.5 Å². The van der Waals surface area contributed by atoms with Gasteiger partial charge in [0, 0.05) is 12.8 Å². The summed E-state index contributed by atoms with van der Waals surface area (Å²) in [5.74, 6) is -0.0556. The number of ether oxygens (including phenoxy) is 1. The average molecular weight is 991 g/mol. The molecular weight excluding hydrogens is 863 g/mol. The van der Waals surface area contributed by atoms with Crippen LogP contribution >= 0.6 is 0 Å². The van der Waals surface area contributed by atoms with E-state index in [2.05, 4.69) is 19.2 Å². The Labute approximate surface area is 438 Å². The molecule has 0 radical (unpaired) electrons. The number of amides is 1. The van der Waals surface area contributed by atoms with Crippen LogP contribution in [0.4, 0.5) is 0 Å². The predicted molar refractivity (Wildman–Crippen MR) is 306 cm³/mol. The second-order valence-electron chi connectivity index (χ2n) is 22.5. The quantitative estimate of drug-likeness (QED) is 0.0417. The molecule has 0 aromatic heterocycles. The number of unbranched alkanes of at least 4 members (excludes halogenated alkanes) is 50. The van der Waals surface area contributed by atoms with E-state index in [1.807, 2.05) is 0 Å². The van der Waals surface area contributed by atoms with Crippen molar-refractivity contribution < 1.29 is 24.5 Å². The summed E-state index contributed by atoms with van der Waals surface area (Å²) >= 11 is 0. The second-order valence-corrected chi connectivity index (χ2v) is 22.5. The van der Waals surface area contributed by atoms with Crippen LogP contribution in [0.1, 0.15) is 373 Å². The summed E-state index contributed by atoms with van der Waals surface area (Å²) in [5.41, 5.74) is 0. The summed E-state index contributed by atoms with van der Waals surface area (Å²) in [6, 6.07) is -0.555. The van der Waals surface area contributed by atoms with Gasteiger partial charge < -0.3 is 20.3 Å². The molecule has 0 aliphatic heterocycles. The fraction of sp³-hybridized carbons (Fsp3) is 0.969. The van der Waals surface area contributed by atoms with E-state index in [0.29, 0.717) is 25.9 Å². The van der Waals surface area contributed by atoms with Gasteiger partial charge in [0.15, 0.2) is 0 Å². The van der Waals surface area contributed by atoms with Gasteiger partial charge in [0.05, 0.1) is 25.4 Å². The van der Waals surface area contributed by atoms with E-state index in [0.717, 1.165) is 57.8 Å². The molecule has 0 saturated carbocycles. The van der Waals surface area contributed by atoms with Gasteiger partial charge in [-0.3, -0.25) is 9.59 Å². The maximum absolute atomic E-state index is 12.5. The Morgan fingerprint density at radius 2 is 0.586 bits per heavy atom. The molecule has 6 heteroatoms. The minimum absolute atomic E-state index is 0.00768. The minimum Gasteiger partial charge on any atom is -0.466 e. The van der Waals surface area contributed by atoms with Gasteiger partial charge >= 0.3 is 5.97 Å². The van der Waals surface area contributed by atoms with Crippen molar-refractivity contribution >= 4 is 11.9 Å². The van der Waals surface area contributed by atoms with Crippen LogP contribution in [0.5, 0.6) is 0 Å². The summed E-state index contributed by atoms with van der Waals surface area (Å²) in [4.78, 5) is 24.6. The lowest BCUT2D eigenvalue weighted by molar-refractivity contribution is -0.143. The van der Waals surface area contributed by atoms with Crippen molar-refractivity contribution in [1.29, 1.82) is 0 Å². The highest BCUT2D eigenvalue weighted by atomic mass is 16.5. The third kappa shape index (κ3) is 56.2. The van der Waals surface area contributed by atoms with E-state index in [4.69, 9.17) is 4.74 Å². The van der Waals surface area contributed by atoms with Gasteiger partial charge in [0.2, 0.25) is 5.91 Å². The van der Waals surface area contributed by atoms with Gasteiger partial charge in [-0.2, -0.15) is 0 Å². The summed E-state index contributed by atoms with van der Waals surface area (Å²) in [6.45, 7) is 4.96. The molecular formula is C64H127NO5. The van der Waals surface area contributed by atoms with Crippen molar-refractivity contribution in [2.45, 2.75) is 386 Å². The molecule has 1 amide bonds. The van der Waals surface area contributed by atoms with Crippen LogP contribution in [-0.2, 0) is 14.3 Å². The third-order valence-electron chi connectivity index (χ3n) is 15.4. The zero-order valence-electron chi connectivity index (χ0n) is 47.8. The van der Waals surface area contributed by atoms with Gasteiger partial charge in [0.25, 0.3) is 0 Å². The van der Waals surface area contributed by atoms with Gasteiger partial charge in [-0.15, -0.1) is 0 Å². The van der Waals surface area contributed by atoms with Crippen LogP contribution < -0.4 is 5.32 Å². The molecule has 70 heavy (non-hydrogen) atoms. The van der Waals surface area contributed by atoms with E-state index < -0.39 is 12.1 Å². The Morgan fingerprint density at radius 3 is 0.871 bits per heavy atom. The molecule has 2 atom stereocenters. The monoisotopic (exact) mass is 990 g/mol. The van der Waals surface area contributed by atoms with E-state index in [1.165, 1.54) is 283 Å². The number of hydrogen-bond donors (Lipinski definition) is 3. The van der Waals surface area contributed by atoms with Crippen LogP contribution in [-0.4, -0.2) is 47.4 Å². The largest absolute Gasteiger partial charge is 0.466 e. The number of carbonyl (C=O) groups excluding carboxylic acids is 2. The highest BCUT2D eigenvalue weighted by Gasteiger charge is 2.20. The maximum atomic E-state index is 12.5. The smallest absolute Gasteiger partial charge is 0.305 e. The number of rotatable bonds is 61. The Kier molecular flexibility index (Phi) is 59.4. The molecule has 0 rings (SSSR count). The topological polar surface area (TPSA) is 95.9 Å². The van der Waals surface area contributed by atoms with Crippen molar-refractivity contribution in [3.63, 3.8) is 0 Å². The fourth-order valence-electron chi connectivity index (χ4n) is 10.5. The molecule has 0 aliphatic carbocycles. The summed E-state index contributed by atoms with van der Waals surface area (Å²) in [6.07, 6.45) is 71.1. The Bertz CT molecular complexity index is 1010. The minimum atomic E-state index is -0.677. The molecule has 0 fully saturated rings. The summed E-state index contributed by atoms with van der Waals surface area (Å²) in [5, 5.41) is 23.4. The van der Waals surface area contributed by atoms with E-state index in [1.54, 1.807) is 0 Å². The van der Waals surface area contributed by atoms with Crippen LogP contribution in [0.3, 0.4) is 0 Å². The van der Waals surface area contributed by atoms with Gasteiger partial charge in [-0.1, -0.05) is 335 Å². The molecule has 0 bridgehead atoms. The molecule has 0 aromatic rings. The molecule has 6 nitrogen and oxygen atoms in total. The molecule has 2 unspecified atom stereocenters. The van der Waals surface area contributed by atoms with Crippen LogP contribution in [0.25, 0.3) is 0 Å². The van der Waals surface area contributed by atoms with Crippen molar-refractivity contribution in [2.24, 2.45) is 0 Å². The number of aliphatic hydroxyl groups is 2. The lowest BCUT2D eigenvalue weighted by Crippen LogP contribution is -2.45. The first kappa shape index (κ1) is 68.9. The SMILES string of the molecule is CCCCCCCCCCCCCCCCCCCCCCCCCCCC(O)C(CO)NC(=O)CCCCCCCCCCCCCOC(=O)CCCCCCCCCCCCCCCCCCC. The van der Waals surface area contributed by atoms with Gasteiger partial charge in [0.1, 0.15) is 0 Å². The molecule has 0 aromatic carbocycles. The normalized spacial score (nSPS) is 12.5. The lowest BCUT2D eigenvalue weighted by atomic mass is 10.0. The maximum Gasteiger partial charge on any atom is 0.305 e. The molecule has 418 valence electrons. The average Bonchev–Trinajstić information content (AvgIpc) is 3.36. The highest BCUT2D eigenvalue weighted by Crippen LogP contribution is 2.19. The Morgan fingerprint density at radius 1 is 0.343 bits per heavy atom. The molecule has 0 heterocycles. The lowest BCUT2D eigenvalue weighted by Gasteiger charge is -2.22. The Balaban J connectivity index is 3.42. The summed E-state index contributed by atoms with van der Waals surface area (Å²) in [7, 11) is 0. The van der Waals surface area contributed by atoms with Crippen LogP contribution in [0.2, 0.25) is 0 Å². The number of hydrogen-bond acceptors (Lipinski definition) is 5. The van der Waals surface area contributed by atoms with Gasteiger partial charge in [-0.05, 0) is 25.7 Å². The van der Waals surface area contributed by atoms with E-state index in [9.17, 15) is 19.8 Å².